The van der Waals surface area contributed by atoms with Gasteiger partial charge in [-0.15, -0.1) is 11.6 Å². The summed E-state index contributed by atoms with van der Waals surface area (Å²) in [5, 5.41) is 7.74. The maximum absolute atomic E-state index is 10.4. The van der Waals surface area contributed by atoms with Crippen LogP contribution in [0.5, 0.6) is 0 Å². The van der Waals surface area contributed by atoms with Gasteiger partial charge in [-0.1, -0.05) is 29.8 Å². The van der Waals surface area contributed by atoms with Crippen LogP contribution >= 0.6 is 11.6 Å². The number of alkyl halides is 1. The van der Waals surface area contributed by atoms with Gasteiger partial charge in [-0.3, -0.25) is 4.79 Å². The molecule has 13 heavy (non-hydrogen) atoms. The van der Waals surface area contributed by atoms with Crippen LogP contribution in [0.1, 0.15) is 11.1 Å². The van der Waals surface area contributed by atoms with Crippen LogP contribution in [0.25, 0.3) is 0 Å². The lowest BCUT2D eigenvalue weighted by atomic mass is 10.1. The molecule has 1 aromatic rings. The van der Waals surface area contributed by atoms with Gasteiger partial charge in [-0.05, 0) is 18.9 Å². The summed E-state index contributed by atoms with van der Waals surface area (Å²) in [6, 6.07) is 7.68. The van der Waals surface area contributed by atoms with E-state index in [0.717, 1.165) is 11.1 Å². The lowest BCUT2D eigenvalue weighted by molar-refractivity contribution is -0.136. The molecule has 0 heterocycles. The highest BCUT2D eigenvalue weighted by molar-refractivity contribution is 6.29. The first-order valence-electron chi connectivity index (χ1n) is 4.02. The number of carboxylic acid groups (broad SMARTS) is 1. The molecule has 70 valence electrons. The molecule has 0 saturated heterocycles. The summed E-state index contributed by atoms with van der Waals surface area (Å²) < 4.78 is 0. The van der Waals surface area contributed by atoms with Gasteiger partial charge in [-0.25, -0.2) is 0 Å². The Kier molecular flexibility index (Phi) is 3.32. The Balaban J connectivity index is 2.64. The molecule has 0 bridgehead atoms. The van der Waals surface area contributed by atoms with Crippen molar-refractivity contribution >= 4 is 17.6 Å². The van der Waals surface area contributed by atoms with Crippen LogP contribution in [0, 0.1) is 6.92 Å². The molecule has 0 aromatic heterocycles. The van der Waals surface area contributed by atoms with E-state index in [-0.39, 0.29) is 0 Å². The van der Waals surface area contributed by atoms with Gasteiger partial charge in [0.25, 0.3) is 0 Å². The Morgan fingerprint density at radius 3 is 2.46 bits per heavy atom. The molecule has 3 heteroatoms. The summed E-state index contributed by atoms with van der Waals surface area (Å²) in [5.41, 5.74) is 2.11. The van der Waals surface area contributed by atoms with Crippen LogP contribution in [-0.4, -0.2) is 16.5 Å². The fraction of sp³-hybridized carbons (Fsp3) is 0.300. The average molecular weight is 199 g/mol. The molecule has 2 nitrogen and oxygen atoms in total. The topological polar surface area (TPSA) is 37.3 Å². The first-order valence-corrected chi connectivity index (χ1v) is 4.45. The highest BCUT2D eigenvalue weighted by Gasteiger charge is 2.13. The van der Waals surface area contributed by atoms with Gasteiger partial charge in [-0.2, -0.15) is 0 Å². The number of halogens is 1. The monoisotopic (exact) mass is 198 g/mol. The predicted octanol–water partition coefficient (Wildman–Crippen LogP) is 2.23. The third-order valence-electron chi connectivity index (χ3n) is 1.80. The summed E-state index contributed by atoms with van der Waals surface area (Å²) in [5.74, 6) is -0.970. The Morgan fingerprint density at radius 1 is 1.46 bits per heavy atom. The number of benzene rings is 1. The molecule has 1 aromatic carbocycles. The summed E-state index contributed by atoms with van der Waals surface area (Å²) in [6.07, 6.45) is 0.372. The number of aryl methyl sites for hydroxylation is 1. The zero-order chi connectivity index (χ0) is 9.84. The molecule has 1 N–H and O–H groups in total. The van der Waals surface area contributed by atoms with Crippen molar-refractivity contribution in [2.24, 2.45) is 0 Å². The summed E-state index contributed by atoms with van der Waals surface area (Å²) in [7, 11) is 0. The smallest absolute Gasteiger partial charge is 0.321 e. The van der Waals surface area contributed by atoms with E-state index >= 15 is 0 Å². The van der Waals surface area contributed by atoms with E-state index in [1.54, 1.807) is 0 Å². The van der Waals surface area contributed by atoms with E-state index in [9.17, 15) is 4.79 Å². The molecule has 0 radical (unpaired) electrons. The van der Waals surface area contributed by atoms with Crippen molar-refractivity contribution < 1.29 is 9.90 Å². The van der Waals surface area contributed by atoms with Gasteiger partial charge in [0.05, 0.1) is 0 Å². The Morgan fingerprint density at radius 2 is 2.00 bits per heavy atom. The molecule has 1 atom stereocenters. The van der Waals surface area contributed by atoms with E-state index in [0.29, 0.717) is 6.42 Å². The number of hydrogen-bond donors (Lipinski definition) is 1. The summed E-state index contributed by atoms with van der Waals surface area (Å²) in [6.45, 7) is 1.99. The van der Waals surface area contributed by atoms with Crippen LogP contribution in [0.15, 0.2) is 24.3 Å². The van der Waals surface area contributed by atoms with Gasteiger partial charge in [0.15, 0.2) is 0 Å². The van der Waals surface area contributed by atoms with Crippen molar-refractivity contribution in [2.75, 3.05) is 0 Å². The Hall–Kier alpha value is -1.02. The lowest BCUT2D eigenvalue weighted by Crippen LogP contribution is -2.15. The number of hydrogen-bond acceptors (Lipinski definition) is 1. The molecule has 0 fully saturated rings. The molecular weight excluding hydrogens is 188 g/mol. The standard InChI is InChI=1S/C10H11ClO2/c1-7-2-4-8(5-3-7)6-9(11)10(12)13/h2-5,9H,6H2,1H3,(H,12,13). The zero-order valence-electron chi connectivity index (χ0n) is 7.33. The van der Waals surface area contributed by atoms with E-state index in [1.807, 2.05) is 31.2 Å². The second kappa shape index (κ2) is 4.28. The van der Waals surface area contributed by atoms with Crippen LogP contribution in [0.2, 0.25) is 0 Å². The van der Waals surface area contributed by atoms with Gasteiger partial charge in [0.1, 0.15) is 5.38 Å². The average Bonchev–Trinajstić information content (AvgIpc) is 2.08. The van der Waals surface area contributed by atoms with E-state index in [4.69, 9.17) is 16.7 Å². The van der Waals surface area contributed by atoms with E-state index < -0.39 is 11.3 Å². The minimum atomic E-state index is -0.970. The van der Waals surface area contributed by atoms with Crippen LogP contribution < -0.4 is 0 Å². The minimum absolute atomic E-state index is 0.372. The number of aliphatic carboxylic acids is 1. The normalized spacial score (nSPS) is 12.5. The highest BCUT2D eigenvalue weighted by atomic mass is 35.5. The molecule has 1 rings (SSSR count). The molecule has 0 spiro atoms. The number of rotatable bonds is 3. The van der Waals surface area contributed by atoms with Crippen LogP contribution in [0.3, 0.4) is 0 Å². The van der Waals surface area contributed by atoms with Crippen molar-refractivity contribution in [3.63, 3.8) is 0 Å². The fourth-order valence-electron chi connectivity index (χ4n) is 1.02. The second-order valence-electron chi connectivity index (χ2n) is 3.00. The fourth-order valence-corrected chi connectivity index (χ4v) is 1.20. The van der Waals surface area contributed by atoms with Crippen molar-refractivity contribution in [3.8, 4) is 0 Å². The van der Waals surface area contributed by atoms with Crippen molar-refractivity contribution in [1.29, 1.82) is 0 Å². The van der Waals surface area contributed by atoms with Crippen LogP contribution in [-0.2, 0) is 11.2 Å². The van der Waals surface area contributed by atoms with Gasteiger partial charge in [0.2, 0.25) is 0 Å². The van der Waals surface area contributed by atoms with Crippen molar-refractivity contribution in [3.05, 3.63) is 35.4 Å². The number of carboxylic acids is 1. The highest BCUT2D eigenvalue weighted by Crippen LogP contribution is 2.09. The third kappa shape index (κ3) is 3.07. The third-order valence-corrected chi connectivity index (χ3v) is 2.14. The summed E-state index contributed by atoms with van der Waals surface area (Å²) in [4.78, 5) is 10.4. The zero-order valence-corrected chi connectivity index (χ0v) is 8.08. The SMILES string of the molecule is Cc1ccc(CC(Cl)C(=O)O)cc1. The second-order valence-corrected chi connectivity index (χ2v) is 3.52. The maximum atomic E-state index is 10.4. The quantitative estimate of drug-likeness (QED) is 0.757. The molecule has 0 aliphatic rings. The van der Waals surface area contributed by atoms with Gasteiger partial charge >= 0.3 is 5.97 Å². The maximum Gasteiger partial charge on any atom is 0.321 e. The number of carbonyl (C=O) groups is 1. The molecule has 0 aliphatic carbocycles. The van der Waals surface area contributed by atoms with Crippen LogP contribution in [0.4, 0.5) is 0 Å². The van der Waals surface area contributed by atoms with Crippen molar-refractivity contribution in [1.82, 2.24) is 0 Å². The molecule has 0 amide bonds. The molecule has 0 saturated carbocycles. The largest absolute Gasteiger partial charge is 0.480 e. The minimum Gasteiger partial charge on any atom is -0.480 e. The first kappa shape index (κ1) is 10.1. The van der Waals surface area contributed by atoms with Gasteiger partial charge < -0.3 is 5.11 Å². The van der Waals surface area contributed by atoms with E-state index in [1.165, 1.54) is 0 Å². The molecular formula is C10H11ClO2. The summed E-state index contributed by atoms with van der Waals surface area (Å²) >= 11 is 5.59. The molecule has 1 unspecified atom stereocenters. The Bertz CT molecular complexity index is 292. The predicted molar refractivity (Wildman–Crippen MR) is 52.2 cm³/mol. The molecule has 0 aliphatic heterocycles. The Labute approximate surface area is 82.2 Å². The van der Waals surface area contributed by atoms with Crippen molar-refractivity contribution in [2.45, 2.75) is 18.7 Å². The lowest BCUT2D eigenvalue weighted by Gasteiger charge is -2.04. The first-order chi connectivity index (χ1) is 6.09. The van der Waals surface area contributed by atoms with E-state index in [2.05, 4.69) is 0 Å². The van der Waals surface area contributed by atoms with Gasteiger partial charge in [0, 0.05) is 0 Å².